The van der Waals surface area contributed by atoms with E-state index in [2.05, 4.69) is 9.62 Å². The third-order valence-electron chi connectivity index (χ3n) is 6.69. The molecule has 1 aliphatic heterocycles. The molecule has 1 heterocycles. The van der Waals surface area contributed by atoms with Crippen LogP contribution in [0.15, 0.2) is 88.7 Å². The Morgan fingerprint density at radius 1 is 0.846 bits per heavy atom. The predicted octanol–water partition coefficient (Wildman–Crippen LogP) is 3.84. The second kappa shape index (κ2) is 12.3. The summed E-state index contributed by atoms with van der Waals surface area (Å²) < 4.78 is 51.4. The van der Waals surface area contributed by atoms with Crippen LogP contribution in [0.3, 0.4) is 0 Å². The van der Waals surface area contributed by atoms with Gasteiger partial charge in [-0.25, -0.2) is 21.6 Å². The number of likely N-dealkylation sites (tertiary alicyclic amines) is 1. The van der Waals surface area contributed by atoms with E-state index < -0.39 is 19.9 Å². The van der Waals surface area contributed by atoms with Gasteiger partial charge in [-0.1, -0.05) is 36.4 Å². The number of amides is 1. The molecule has 0 aromatic heterocycles. The first-order valence-electron chi connectivity index (χ1n) is 12.7. The molecule has 1 saturated heterocycles. The van der Waals surface area contributed by atoms with Gasteiger partial charge in [0.15, 0.2) is 9.84 Å². The maximum Gasteiger partial charge on any atom is 0.250 e. The van der Waals surface area contributed by atoms with Crippen LogP contribution in [0.25, 0.3) is 6.08 Å². The Bertz CT molecular complexity index is 1530. The van der Waals surface area contributed by atoms with Gasteiger partial charge in [0.25, 0.3) is 5.91 Å². The zero-order valence-corrected chi connectivity index (χ0v) is 23.7. The average molecular weight is 568 g/mol. The molecule has 3 aromatic rings. The number of likely N-dealkylation sites (N-methyl/N-ethyl adjacent to an activating group) is 1. The fourth-order valence-electron chi connectivity index (χ4n) is 4.30. The van der Waals surface area contributed by atoms with Crippen LogP contribution < -0.4 is 9.62 Å². The van der Waals surface area contributed by atoms with Gasteiger partial charge in [-0.3, -0.25) is 9.69 Å². The molecule has 3 aromatic carbocycles. The van der Waals surface area contributed by atoms with Crippen molar-refractivity contribution in [1.82, 2.24) is 9.62 Å². The zero-order valence-electron chi connectivity index (χ0n) is 22.1. The summed E-state index contributed by atoms with van der Waals surface area (Å²) in [6, 6.07) is 20.3. The van der Waals surface area contributed by atoms with Crippen LogP contribution in [0.5, 0.6) is 0 Å². The fourth-order valence-corrected chi connectivity index (χ4v) is 5.95. The number of nitrogens with zero attached hydrogens (tertiary/aromatic N) is 2. The number of sulfonamides is 1. The molecule has 10 heteroatoms. The molecular formula is C29H33N3O5S2. The minimum absolute atomic E-state index is 0.110. The lowest BCUT2D eigenvalue weighted by molar-refractivity contribution is -0.113. The third-order valence-corrected chi connectivity index (χ3v) is 9.23. The monoisotopic (exact) mass is 567 g/mol. The lowest BCUT2D eigenvalue weighted by Gasteiger charge is -2.16. The van der Waals surface area contributed by atoms with Gasteiger partial charge in [0.2, 0.25) is 10.0 Å². The number of rotatable bonds is 10. The van der Waals surface area contributed by atoms with Crippen molar-refractivity contribution < 1.29 is 21.6 Å². The maximum absolute atomic E-state index is 12.8. The molecule has 206 valence electrons. The summed E-state index contributed by atoms with van der Waals surface area (Å²) in [4.78, 5) is 16.8. The maximum atomic E-state index is 12.8. The molecule has 39 heavy (non-hydrogen) atoms. The molecule has 1 aliphatic rings. The van der Waals surface area contributed by atoms with Crippen molar-refractivity contribution in [3.63, 3.8) is 0 Å². The van der Waals surface area contributed by atoms with E-state index in [9.17, 15) is 21.6 Å². The SMILES string of the molecule is CN(C(=O)/C=C/c1ccc(S(C)(=O)=O)cc1)c1ccc(S(=O)(=O)NCc2ccc(CN3CCCC3)cc2)cc1. The smallest absolute Gasteiger partial charge is 0.250 e. The van der Waals surface area contributed by atoms with Crippen LogP contribution in [0.2, 0.25) is 0 Å². The Labute approximate surface area is 230 Å². The van der Waals surface area contributed by atoms with Crippen molar-refractivity contribution in [3.8, 4) is 0 Å². The van der Waals surface area contributed by atoms with Crippen LogP contribution >= 0.6 is 0 Å². The first kappa shape index (κ1) is 28.7. The number of carbonyl (C=O) groups is 1. The minimum atomic E-state index is -3.73. The van der Waals surface area contributed by atoms with E-state index in [-0.39, 0.29) is 22.2 Å². The van der Waals surface area contributed by atoms with E-state index >= 15 is 0 Å². The Morgan fingerprint density at radius 2 is 1.41 bits per heavy atom. The van der Waals surface area contributed by atoms with Gasteiger partial charge in [0.1, 0.15) is 0 Å². The second-order valence-corrected chi connectivity index (χ2v) is 13.5. The van der Waals surface area contributed by atoms with Gasteiger partial charge in [0.05, 0.1) is 9.79 Å². The molecule has 0 atom stereocenters. The summed E-state index contributed by atoms with van der Waals surface area (Å²) in [5, 5.41) is 0. The molecule has 0 aliphatic carbocycles. The van der Waals surface area contributed by atoms with Crippen molar-refractivity contribution >= 4 is 37.5 Å². The van der Waals surface area contributed by atoms with E-state index in [1.165, 1.54) is 53.6 Å². The molecular weight excluding hydrogens is 534 g/mol. The normalized spacial score (nSPS) is 14.6. The van der Waals surface area contributed by atoms with Crippen molar-refractivity contribution in [3.05, 3.63) is 95.6 Å². The number of nitrogens with one attached hydrogen (secondary N) is 1. The Kier molecular flexibility index (Phi) is 9.01. The summed E-state index contributed by atoms with van der Waals surface area (Å²) in [5.74, 6) is -0.316. The van der Waals surface area contributed by atoms with Gasteiger partial charge in [-0.05, 0) is 85.1 Å². The molecule has 1 N–H and O–H groups in total. The van der Waals surface area contributed by atoms with E-state index in [0.717, 1.165) is 31.5 Å². The van der Waals surface area contributed by atoms with Gasteiger partial charge in [0, 0.05) is 38.2 Å². The third kappa shape index (κ3) is 7.86. The average Bonchev–Trinajstić information content (AvgIpc) is 3.44. The van der Waals surface area contributed by atoms with Crippen LogP contribution in [0.4, 0.5) is 5.69 Å². The van der Waals surface area contributed by atoms with Crippen LogP contribution in [0.1, 0.15) is 29.5 Å². The minimum Gasteiger partial charge on any atom is -0.312 e. The van der Waals surface area contributed by atoms with Gasteiger partial charge >= 0.3 is 0 Å². The van der Waals surface area contributed by atoms with E-state index in [0.29, 0.717) is 11.3 Å². The summed E-state index contributed by atoms with van der Waals surface area (Å²) in [7, 11) is -5.42. The largest absolute Gasteiger partial charge is 0.312 e. The van der Waals surface area contributed by atoms with Crippen LogP contribution in [-0.2, 0) is 37.7 Å². The highest BCUT2D eigenvalue weighted by atomic mass is 32.2. The van der Waals surface area contributed by atoms with Crippen molar-refractivity contribution in [2.45, 2.75) is 35.7 Å². The quantitative estimate of drug-likeness (QED) is 0.374. The van der Waals surface area contributed by atoms with E-state index in [4.69, 9.17) is 0 Å². The molecule has 0 saturated carbocycles. The first-order chi connectivity index (χ1) is 18.5. The molecule has 0 spiro atoms. The fraction of sp³-hybridized carbons (Fsp3) is 0.276. The summed E-state index contributed by atoms with van der Waals surface area (Å²) in [6.07, 6.45) is 6.59. The van der Waals surface area contributed by atoms with Crippen LogP contribution in [0, 0.1) is 0 Å². The highest BCUT2D eigenvalue weighted by molar-refractivity contribution is 7.90. The number of hydrogen-bond donors (Lipinski definition) is 1. The van der Waals surface area contributed by atoms with E-state index in [1.54, 1.807) is 37.4 Å². The summed E-state index contributed by atoms with van der Waals surface area (Å²) >= 11 is 0. The molecule has 0 radical (unpaired) electrons. The lowest BCUT2D eigenvalue weighted by atomic mass is 10.1. The predicted molar refractivity (Wildman–Crippen MR) is 153 cm³/mol. The Hall–Kier alpha value is -3.31. The molecule has 4 rings (SSSR count). The molecule has 0 bridgehead atoms. The van der Waals surface area contributed by atoms with Gasteiger partial charge in [-0.2, -0.15) is 0 Å². The van der Waals surface area contributed by atoms with Crippen molar-refractivity contribution in [2.24, 2.45) is 0 Å². The summed E-state index contributed by atoms with van der Waals surface area (Å²) in [6.45, 7) is 3.36. The second-order valence-electron chi connectivity index (χ2n) is 9.69. The number of anilines is 1. The first-order valence-corrected chi connectivity index (χ1v) is 16.0. The molecule has 8 nitrogen and oxygen atoms in total. The Morgan fingerprint density at radius 3 is 2.00 bits per heavy atom. The highest BCUT2D eigenvalue weighted by Gasteiger charge is 2.16. The molecule has 1 amide bonds. The summed E-state index contributed by atoms with van der Waals surface area (Å²) in [5.41, 5.74) is 3.31. The van der Waals surface area contributed by atoms with Crippen molar-refractivity contribution in [1.29, 1.82) is 0 Å². The number of sulfone groups is 1. The zero-order chi connectivity index (χ0) is 28.0. The highest BCUT2D eigenvalue weighted by Crippen LogP contribution is 2.19. The molecule has 0 unspecified atom stereocenters. The Balaban J connectivity index is 1.32. The number of carbonyl (C=O) groups excluding carboxylic acids is 1. The standard InChI is InChI=1S/C29H33N3O5S2/c1-31(29(33)18-11-23-9-14-27(15-10-23)38(2,34)35)26-12-16-28(17-13-26)39(36,37)30-21-24-5-7-25(8-6-24)22-32-19-3-4-20-32/h5-18,30H,3-4,19-22H2,1-2H3/b18-11+. The van der Waals surface area contributed by atoms with Crippen molar-refractivity contribution in [2.75, 3.05) is 31.3 Å². The molecule has 1 fully saturated rings. The van der Waals surface area contributed by atoms with Gasteiger partial charge < -0.3 is 4.90 Å². The topological polar surface area (TPSA) is 104 Å². The van der Waals surface area contributed by atoms with Gasteiger partial charge in [-0.15, -0.1) is 0 Å². The van der Waals surface area contributed by atoms with Crippen LogP contribution in [-0.4, -0.2) is 54.0 Å². The lowest BCUT2D eigenvalue weighted by Crippen LogP contribution is -2.25. The van der Waals surface area contributed by atoms with E-state index in [1.807, 2.05) is 24.3 Å². The number of benzene rings is 3. The number of hydrogen-bond acceptors (Lipinski definition) is 6.